The molecule has 0 fully saturated rings. The van der Waals surface area contributed by atoms with E-state index in [-0.39, 0.29) is 17.0 Å². The summed E-state index contributed by atoms with van der Waals surface area (Å²) in [6.45, 7) is 0. The van der Waals surface area contributed by atoms with Gasteiger partial charge >= 0.3 is 5.97 Å². The van der Waals surface area contributed by atoms with Gasteiger partial charge in [-0.25, -0.2) is 14.3 Å². The normalized spacial score (nSPS) is 12.6. The Morgan fingerprint density at radius 1 is 0.917 bits per heavy atom. The van der Waals surface area contributed by atoms with Gasteiger partial charge in [-0.15, -0.1) is 11.8 Å². The van der Waals surface area contributed by atoms with Crippen molar-refractivity contribution in [1.29, 1.82) is 5.26 Å². The Morgan fingerprint density at radius 2 is 1.58 bits per heavy atom. The van der Waals surface area contributed by atoms with E-state index < -0.39 is 29.6 Å². The van der Waals surface area contributed by atoms with Crippen LogP contribution in [0, 0.1) is 17.2 Å². The maximum absolute atomic E-state index is 13.9. The van der Waals surface area contributed by atoms with E-state index in [0.29, 0.717) is 39.4 Å². The number of thioether (sulfide) groups is 1. The summed E-state index contributed by atoms with van der Waals surface area (Å²) in [5.74, 6) is -1.59. The molecule has 0 saturated heterocycles. The zero-order valence-corrected chi connectivity index (χ0v) is 26.4. The number of ether oxygens (including phenoxy) is 1. The van der Waals surface area contributed by atoms with E-state index in [1.807, 2.05) is 48.4 Å². The average Bonchev–Trinajstić information content (AvgIpc) is 3.53. The van der Waals surface area contributed by atoms with Gasteiger partial charge in [0.05, 0.1) is 30.1 Å². The molecule has 6 rings (SSSR count). The van der Waals surface area contributed by atoms with Crippen LogP contribution in [0.3, 0.4) is 0 Å². The first kappa shape index (κ1) is 31.8. The fourth-order valence-corrected chi connectivity index (χ4v) is 6.65. The molecular formula is C37H27N5O5S. The van der Waals surface area contributed by atoms with Crippen LogP contribution in [-0.4, -0.2) is 46.5 Å². The Labute approximate surface area is 280 Å². The van der Waals surface area contributed by atoms with Crippen LogP contribution in [0.15, 0.2) is 114 Å². The topological polar surface area (TPSA) is 143 Å². The molecule has 0 bridgehead atoms. The number of carbonyl (C=O) groups is 3. The van der Waals surface area contributed by atoms with E-state index in [4.69, 9.17) is 9.84 Å². The van der Waals surface area contributed by atoms with Gasteiger partial charge in [-0.1, -0.05) is 78.9 Å². The van der Waals surface area contributed by atoms with Gasteiger partial charge < -0.3 is 15.4 Å². The van der Waals surface area contributed by atoms with Gasteiger partial charge in [0.15, 0.2) is 12.0 Å². The van der Waals surface area contributed by atoms with Crippen molar-refractivity contribution in [2.75, 3.05) is 17.7 Å². The number of rotatable bonds is 10. The van der Waals surface area contributed by atoms with Crippen LogP contribution in [0.2, 0.25) is 0 Å². The molecule has 2 heterocycles. The van der Waals surface area contributed by atoms with Crippen molar-refractivity contribution < 1.29 is 23.9 Å². The molecule has 4 aromatic carbocycles. The lowest BCUT2D eigenvalue weighted by atomic mass is 9.96. The zero-order valence-electron chi connectivity index (χ0n) is 25.5. The molecule has 0 spiro atoms. The van der Waals surface area contributed by atoms with Gasteiger partial charge in [0.1, 0.15) is 11.6 Å². The van der Waals surface area contributed by atoms with Crippen LogP contribution in [0.5, 0.6) is 0 Å². The third-order valence-electron chi connectivity index (χ3n) is 7.76. The highest BCUT2D eigenvalue weighted by atomic mass is 32.2. The van der Waals surface area contributed by atoms with Crippen molar-refractivity contribution >= 4 is 52.3 Å². The number of anilines is 2. The van der Waals surface area contributed by atoms with Crippen LogP contribution in [0.1, 0.15) is 21.6 Å². The van der Waals surface area contributed by atoms with Crippen LogP contribution in [0.25, 0.3) is 22.5 Å². The molecule has 1 aliphatic heterocycles. The number of nitriles is 1. The van der Waals surface area contributed by atoms with E-state index in [9.17, 15) is 24.4 Å². The van der Waals surface area contributed by atoms with E-state index in [0.717, 1.165) is 4.90 Å². The number of aromatic nitrogens is 2. The number of Topliss-reactive ketones (excluding diaryl/α,β-unsaturated/α-hetero) is 1. The molecule has 0 aliphatic carbocycles. The fourth-order valence-electron chi connectivity index (χ4n) is 5.49. The average molecular weight is 654 g/mol. The second-order valence-corrected chi connectivity index (χ2v) is 11.6. The minimum absolute atomic E-state index is 0.0165. The number of nitrogens with one attached hydrogen (secondary N) is 2. The summed E-state index contributed by atoms with van der Waals surface area (Å²) in [6, 6.07) is 32.7. The summed E-state index contributed by atoms with van der Waals surface area (Å²) >= 11 is 1.39. The van der Waals surface area contributed by atoms with E-state index in [2.05, 4.69) is 10.6 Å². The second kappa shape index (κ2) is 14.1. The highest BCUT2D eigenvalue weighted by Crippen LogP contribution is 2.47. The number of esters is 1. The maximum atomic E-state index is 13.9. The molecule has 1 unspecified atom stereocenters. The standard InChI is InChI=1S/C37H27N5O5S/c1-47-37(46)32(28(21-43)23-12-5-2-6-13-23)40-30-19-11-18-26-33-29(22-48-35(26)30)31(41-42(33)25-16-9-4-10-17-25)34(44)27(20-38)36(45)39-24-14-7-3-8-15-24/h2-19,27,32,40H,22H2,1H3,(H,39,45)/t27?,32-/m0/s1. The largest absolute Gasteiger partial charge is 0.467 e. The number of fused-ring (bicyclic) bond motifs is 3. The Hall–Kier alpha value is -6.21. The molecule has 5 aromatic rings. The van der Waals surface area contributed by atoms with Crippen LogP contribution in [-0.2, 0) is 24.9 Å². The number of ketones is 1. The van der Waals surface area contributed by atoms with Crippen molar-refractivity contribution in [3.8, 4) is 23.0 Å². The molecule has 2 N–H and O–H groups in total. The van der Waals surface area contributed by atoms with E-state index in [1.165, 1.54) is 18.9 Å². The molecule has 11 heteroatoms. The predicted molar refractivity (Wildman–Crippen MR) is 182 cm³/mol. The molecule has 1 aliphatic rings. The number of nitrogens with zero attached hydrogens (tertiary/aromatic N) is 3. The molecule has 236 valence electrons. The van der Waals surface area contributed by atoms with Crippen molar-refractivity contribution in [3.63, 3.8) is 0 Å². The fraction of sp³-hybridized carbons (Fsp3) is 0.108. The third-order valence-corrected chi connectivity index (χ3v) is 8.93. The molecule has 0 saturated carbocycles. The molecule has 1 amide bonds. The van der Waals surface area contributed by atoms with Gasteiger partial charge in [-0.05, 0) is 35.9 Å². The summed E-state index contributed by atoms with van der Waals surface area (Å²) < 4.78 is 6.70. The quantitative estimate of drug-likeness (QED) is 0.0806. The zero-order chi connectivity index (χ0) is 33.6. The van der Waals surface area contributed by atoms with Gasteiger partial charge in [0.25, 0.3) is 0 Å². The lowest BCUT2D eigenvalue weighted by molar-refractivity contribution is -0.140. The Balaban J connectivity index is 1.43. The first-order valence-electron chi connectivity index (χ1n) is 14.8. The Bertz CT molecular complexity index is 2100. The van der Waals surface area contributed by atoms with Crippen molar-refractivity contribution in [2.45, 2.75) is 16.7 Å². The third kappa shape index (κ3) is 6.13. The van der Waals surface area contributed by atoms with E-state index in [1.54, 1.807) is 77.5 Å². The molecule has 0 radical (unpaired) electrons. The highest BCUT2D eigenvalue weighted by molar-refractivity contribution is 7.99. The van der Waals surface area contributed by atoms with Crippen LogP contribution < -0.4 is 10.6 Å². The number of hydrogen-bond donors (Lipinski definition) is 2. The lowest BCUT2D eigenvalue weighted by Crippen LogP contribution is -2.32. The summed E-state index contributed by atoms with van der Waals surface area (Å²) in [4.78, 5) is 53.0. The van der Waals surface area contributed by atoms with Crippen LogP contribution in [0.4, 0.5) is 11.4 Å². The molecule has 48 heavy (non-hydrogen) atoms. The number of methoxy groups -OCH3 is 1. The Kier molecular flexibility index (Phi) is 9.30. The SMILES string of the molecule is COC(=O)[C@@H](Nc1cccc2c1SCc1c(C(=O)C(C#N)C(=O)Nc3ccccc3)nn(-c3ccccc3)c1-2)C(=C=O)c1ccccc1. The number of benzene rings is 4. The molecule has 1 aromatic heterocycles. The Morgan fingerprint density at radius 3 is 2.23 bits per heavy atom. The predicted octanol–water partition coefficient (Wildman–Crippen LogP) is 5.97. The van der Waals surface area contributed by atoms with Gasteiger partial charge in [-0.3, -0.25) is 9.59 Å². The van der Waals surface area contributed by atoms with Crippen LogP contribution >= 0.6 is 11.8 Å². The minimum atomic E-state index is -1.64. The van der Waals surface area contributed by atoms with Crippen molar-refractivity contribution in [1.82, 2.24) is 9.78 Å². The number of para-hydroxylation sites is 2. The highest BCUT2D eigenvalue weighted by Gasteiger charge is 2.37. The smallest absolute Gasteiger partial charge is 0.333 e. The number of hydrogen-bond acceptors (Lipinski definition) is 9. The molecular weight excluding hydrogens is 627 g/mol. The monoisotopic (exact) mass is 653 g/mol. The first-order valence-corrected chi connectivity index (χ1v) is 15.8. The summed E-state index contributed by atoms with van der Waals surface area (Å²) in [6.07, 6.45) is 0. The van der Waals surface area contributed by atoms with Crippen molar-refractivity contribution in [2.24, 2.45) is 5.92 Å². The first-order chi connectivity index (χ1) is 23.4. The lowest BCUT2D eigenvalue weighted by Gasteiger charge is -2.25. The summed E-state index contributed by atoms with van der Waals surface area (Å²) in [7, 11) is 1.25. The number of amides is 1. The number of carbonyl (C=O) groups excluding carboxylic acids is 4. The van der Waals surface area contributed by atoms with Gasteiger partial charge in [0, 0.05) is 33.2 Å². The van der Waals surface area contributed by atoms with Gasteiger partial charge in [-0.2, -0.15) is 10.4 Å². The second-order valence-electron chi connectivity index (χ2n) is 10.7. The van der Waals surface area contributed by atoms with Gasteiger partial charge in [0.2, 0.25) is 11.7 Å². The minimum Gasteiger partial charge on any atom is -0.467 e. The summed E-state index contributed by atoms with van der Waals surface area (Å²) in [5, 5.41) is 20.5. The molecule has 10 nitrogen and oxygen atoms in total. The molecule has 2 atom stereocenters. The maximum Gasteiger partial charge on any atom is 0.333 e. The van der Waals surface area contributed by atoms with Crippen molar-refractivity contribution in [3.05, 3.63) is 126 Å². The van der Waals surface area contributed by atoms with E-state index >= 15 is 0 Å². The summed E-state index contributed by atoms with van der Waals surface area (Å²) in [5.41, 5.74) is 4.15.